The van der Waals surface area contributed by atoms with E-state index in [0.29, 0.717) is 35.3 Å². The normalized spacial score (nSPS) is 13.6. The van der Waals surface area contributed by atoms with E-state index in [9.17, 15) is 18.0 Å². The first-order valence-corrected chi connectivity index (χ1v) is 15.8. The predicted molar refractivity (Wildman–Crippen MR) is 163 cm³/mol. The molecule has 224 valence electrons. The molecular formula is C31H36ClN3O6S. The van der Waals surface area contributed by atoms with Crippen molar-refractivity contribution in [2.24, 2.45) is 0 Å². The molecule has 0 aliphatic carbocycles. The maximum Gasteiger partial charge on any atom is 0.244 e. The summed E-state index contributed by atoms with van der Waals surface area (Å²) in [7, 11) is -3.92. The molecule has 1 aliphatic heterocycles. The quantitative estimate of drug-likeness (QED) is 0.363. The lowest BCUT2D eigenvalue weighted by atomic mass is 10.0. The van der Waals surface area contributed by atoms with Crippen molar-refractivity contribution in [1.82, 2.24) is 10.2 Å². The van der Waals surface area contributed by atoms with Crippen molar-refractivity contribution >= 4 is 39.1 Å². The number of nitrogens with zero attached hydrogens (tertiary/aromatic N) is 2. The van der Waals surface area contributed by atoms with Crippen LogP contribution >= 0.6 is 11.6 Å². The van der Waals surface area contributed by atoms with Gasteiger partial charge in [0.05, 0.1) is 11.9 Å². The lowest BCUT2D eigenvalue weighted by Gasteiger charge is -2.35. The molecule has 1 aliphatic rings. The average Bonchev–Trinajstić information content (AvgIpc) is 2.92. The van der Waals surface area contributed by atoms with E-state index < -0.39 is 34.1 Å². The Morgan fingerprint density at radius 1 is 0.929 bits per heavy atom. The number of carbonyl (C=O) groups excluding carboxylic acids is 2. The molecule has 9 nitrogen and oxygen atoms in total. The van der Waals surface area contributed by atoms with Gasteiger partial charge in [-0.1, -0.05) is 54.1 Å². The van der Waals surface area contributed by atoms with Crippen LogP contribution in [-0.2, 0) is 32.6 Å². The second-order valence-electron chi connectivity index (χ2n) is 11.2. The van der Waals surface area contributed by atoms with Gasteiger partial charge in [0.2, 0.25) is 21.8 Å². The Bertz CT molecular complexity index is 1530. The van der Waals surface area contributed by atoms with Crippen molar-refractivity contribution in [3.8, 4) is 11.5 Å². The van der Waals surface area contributed by atoms with Gasteiger partial charge in [0.1, 0.15) is 25.8 Å². The van der Waals surface area contributed by atoms with E-state index in [1.54, 1.807) is 30.3 Å². The Hall–Kier alpha value is -3.76. The van der Waals surface area contributed by atoms with Gasteiger partial charge >= 0.3 is 0 Å². The smallest absolute Gasteiger partial charge is 0.244 e. The van der Waals surface area contributed by atoms with E-state index in [-0.39, 0.29) is 24.6 Å². The maximum atomic E-state index is 14.2. The summed E-state index contributed by atoms with van der Waals surface area (Å²) >= 11 is 6.26. The first-order chi connectivity index (χ1) is 19.8. The molecule has 0 saturated heterocycles. The summed E-state index contributed by atoms with van der Waals surface area (Å²) in [6, 6.07) is 20.2. The van der Waals surface area contributed by atoms with Gasteiger partial charge in [0.25, 0.3) is 0 Å². The van der Waals surface area contributed by atoms with E-state index in [1.165, 1.54) is 11.0 Å². The molecule has 3 aromatic rings. The molecule has 0 spiro atoms. The van der Waals surface area contributed by atoms with Crippen LogP contribution in [0.25, 0.3) is 0 Å². The summed E-state index contributed by atoms with van der Waals surface area (Å²) in [6.45, 7) is 5.80. The second kappa shape index (κ2) is 13.0. The highest BCUT2D eigenvalue weighted by molar-refractivity contribution is 7.92. The van der Waals surface area contributed by atoms with Crippen LogP contribution in [0.4, 0.5) is 5.69 Å². The van der Waals surface area contributed by atoms with Crippen LogP contribution in [0.2, 0.25) is 5.02 Å². The fourth-order valence-corrected chi connectivity index (χ4v) is 5.69. The number of hydrogen-bond acceptors (Lipinski definition) is 6. The topological polar surface area (TPSA) is 105 Å². The third kappa shape index (κ3) is 8.39. The van der Waals surface area contributed by atoms with Crippen LogP contribution in [0, 0.1) is 0 Å². The van der Waals surface area contributed by atoms with Crippen LogP contribution in [0.3, 0.4) is 0 Å². The first-order valence-electron chi connectivity index (χ1n) is 13.6. The van der Waals surface area contributed by atoms with Crippen molar-refractivity contribution in [3.63, 3.8) is 0 Å². The van der Waals surface area contributed by atoms with Gasteiger partial charge in [-0.05, 0) is 56.2 Å². The number of ether oxygens (including phenoxy) is 2. The predicted octanol–water partition coefficient (Wildman–Crippen LogP) is 4.43. The Morgan fingerprint density at radius 2 is 1.60 bits per heavy atom. The molecule has 1 heterocycles. The maximum absolute atomic E-state index is 14.2. The second-order valence-corrected chi connectivity index (χ2v) is 13.5. The van der Waals surface area contributed by atoms with E-state index in [1.807, 2.05) is 57.2 Å². The van der Waals surface area contributed by atoms with Crippen molar-refractivity contribution in [2.45, 2.75) is 45.3 Å². The van der Waals surface area contributed by atoms with E-state index >= 15 is 0 Å². The van der Waals surface area contributed by atoms with Gasteiger partial charge < -0.3 is 19.7 Å². The molecule has 3 aromatic carbocycles. The monoisotopic (exact) mass is 613 g/mol. The molecular weight excluding hydrogens is 578 g/mol. The van der Waals surface area contributed by atoms with E-state index in [2.05, 4.69) is 5.32 Å². The number of hydrogen-bond donors (Lipinski definition) is 1. The largest absolute Gasteiger partial charge is 0.486 e. The zero-order chi connectivity index (χ0) is 30.5. The summed E-state index contributed by atoms with van der Waals surface area (Å²) in [6.07, 6.45) is 1.25. The van der Waals surface area contributed by atoms with Crippen molar-refractivity contribution in [3.05, 3.63) is 88.9 Å². The number of fused-ring (bicyclic) bond motifs is 1. The number of rotatable bonds is 10. The van der Waals surface area contributed by atoms with Crippen molar-refractivity contribution in [1.29, 1.82) is 0 Å². The fourth-order valence-electron chi connectivity index (χ4n) is 4.64. The van der Waals surface area contributed by atoms with Gasteiger partial charge in [0, 0.05) is 29.6 Å². The van der Waals surface area contributed by atoms with E-state index in [0.717, 1.165) is 16.1 Å². The number of benzene rings is 3. The molecule has 4 rings (SSSR count). The molecule has 0 saturated carbocycles. The Labute approximate surface area is 252 Å². The zero-order valence-electron chi connectivity index (χ0n) is 24.2. The zero-order valence-corrected chi connectivity index (χ0v) is 25.7. The summed E-state index contributed by atoms with van der Waals surface area (Å²) in [5, 5.41) is 3.48. The summed E-state index contributed by atoms with van der Waals surface area (Å²) in [5.41, 5.74) is 1.22. The van der Waals surface area contributed by atoms with Crippen molar-refractivity contribution in [2.75, 3.05) is 30.3 Å². The molecule has 11 heteroatoms. The molecule has 1 N–H and O–H groups in total. The van der Waals surface area contributed by atoms with Gasteiger partial charge in [-0.2, -0.15) is 0 Å². The van der Waals surface area contributed by atoms with E-state index in [4.69, 9.17) is 21.1 Å². The number of sulfonamides is 1. The van der Waals surface area contributed by atoms with Crippen molar-refractivity contribution < 1.29 is 27.5 Å². The van der Waals surface area contributed by atoms with Gasteiger partial charge in [-0.3, -0.25) is 13.9 Å². The molecule has 42 heavy (non-hydrogen) atoms. The lowest BCUT2D eigenvalue weighted by Crippen LogP contribution is -2.56. The number of carbonyl (C=O) groups is 2. The molecule has 0 bridgehead atoms. The number of anilines is 1. The SMILES string of the molecule is CC(C)(C)NC(=O)[C@@H](Cc1ccccc1)N(Cc1cccc(Cl)c1)C(=O)CN(c1ccc2c(c1)OCCO2)S(C)(=O)=O. The Kier molecular flexibility index (Phi) is 9.68. The molecule has 0 aromatic heterocycles. The highest BCUT2D eigenvalue weighted by atomic mass is 35.5. The minimum Gasteiger partial charge on any atom is -0.486 e. The molecule has 0 unspecified atom stereocenters. The molecule has 1 atom stereocenters. The van der Waals surface area contributed by atoms with Crippen LogP contribution in [0.5, 0.6) is 11.5 Å². The van der Waals surface area contributed by atoms with Gasteiger partial charge in [-0.15, -0.1) is 0 Å². The standard InChI is InChI=1S/C31H36ClN3O6S/c1-31(2,3)33-30(37)26(18-22-9-6-5-7-10-22)34(20-23-11-8-12-24(32)17-23)29(36)21-35(42(4,38)39)25-13-14-27-28(19-25)41-16-15-40-27/h5-14,17,19,26H,15-16,18,20-21H2,1-4H3,(H,33,37)/t26-/m1/s1. The highest BCUT2D eigenvalue weighted by Gasteiger charge is 2.34. The molecule has 2 amide bonds. The lowest BCUT2D eigenvalue weighted by molar-refractivity contribution is -0.140. The summed E-state index contributed by atoms with van der Waals surface area (Å²) < 4.78 is 38.3. The minimum absolute atomic E-state index is 0.0349. The van der Waals surface area contributed by atoms with Crippen LogP contribution in [-0.4, -0.2) is 62.7 Å². The van der Waals surface area contributed by atoms with Crippen LogP contribution in [0.1, 0.15) is 31.9 Å². The first kappa shape index (κ1) is 31.2. The number of nitrogens with one attached hydrogen (secondary N) is 1. The number of halogens is 1. The summed E-state index contributed by atoms with van der Waals surface area (Å²) in [5.74, 6) is -0.0245. The van der Waals surface area contributed by atoms with Crippen LogP contribution in [0.15, 0.2) is 72.8 Å². The third-order valence-electron chi connectivity index (χ3n) is 6.50. The Morgan fingerprint density at radius 3 is 2.24 bits per heavy atom. The Balaban J connectivity index is 1.74. The average molecular weight is 614 g/mol. The molecule has 0 fully saturated rings. The highest BCUT2D eigenvalue weighted by Crippen LogP contribution is 2.35. The van der Waals surface area contributed by atoms with Gasteiger partial charge in [-0.25, -0.2) is 8.42 Å². The fraction of sp³-hybridized carbons (Fsp3) is 0.355. The minimum atomic E-state index is -3.92. The molecule has 0 radical (unpaired) electrons. The van der Waals surface area contributed by atoms with Gasteiger partial charge in [0.15, 0.2) is 11.5 Å². The van der Waals surface area contributed by atoms with Crippen LogP contribution < -0.4 is 19.1 Å². The summed E-state index contributed by atoms with van der Waals surface area (Å²) in [4.78, 5) is 29.4. The number of amides is 2. The third-order valence-corrected chi connectivity index (χ3v) is 7.88.